The molecule has 1 aliphatic heterocycles. The molecular weight excluding hydrogens is 328 g/mol. The number of aryl methyl sites for hydroxylation is 2. The summed E-state index contributed by atoms with van der Waals surface area (Å²) in [5.74, 6) is 1.10. The summed E-state index contributed by atoms with van der Waals surface area (Å²) in [5, 5.41) is 4.89. The van der Waals surface area contributed by atoms with E-state index in [4.69, 9.17) is 4.52 Å². The maximum atomic E-state index is 13.3. The smallest absolute Gasteiger partial charge is 0.254 e. The zero-order valence-corrected chi connectivity index (χ0v) is 15.3. The summed E-state index contributed by atoms with van der Waals surface area (Å²) in [7, 11) is 0. The fraction of sp³-hybridized carbons (Fsp3) is 0.400. The van der Waals surface area contributed by atoms with Crippen molar-refractivity contribution in [3.63, 3.8) is 0 Å². The average Bonchev–Trinajstić information content (AvgIpc) is 3.18. The molecule has 4 rings (SSSR count). The molecule has 2 aromatic heterocycles. The summed E-state index contributed by atoms with van der Waals surface area (Å²) in [6.07, 6.45) is 3.07. The van der Waals surface area contributed by atoms with Gasteiger partial charge in [-0.15, -0.1) is 0 Å². The Balaban J connectivity index is 1.64. The lowest BCUT2D eigenvalue weighted by Gasteiger charge is -2.31. The van der Waals surface area contributed by atoms with Gasteiger partial charge in [0.2, 0.25) is 6.39 Å². The molecule has 0 saturated carbocycles. The van der Waals surface area contributed by atoms with E-state index >= 15 is 0 Å². The Morgan fingerprint density at radius 1 is 1.19 bits per heavy atom. The molecule has 0 spiro atoms. The first-order chi connectivity index (χ1) is 12.5. The number of hydrogen-bond donors (Lipinski definition) is 0. The fourth-order valence-corrected chi connectivity index (χ4v) is 3.73. The number of aromatic nitrogens is 3. The lowest BCUT2D eigenvalue weighted by Crippen LogP contribution is -2.38. The number of hydrogen-bond acceptors (Lipinski definition) is 5. The number of benzene rings is 1. The summed E-state index contributed by atoms with van der Waals surface area (Å²) < 4.78 is 4.85. The highest BCUT2D eigenvalue weighted by atomic mass is 16.5. The van der Waals surface area contributed by atoms with Crippen molar-refractivity contribution in [1.82, 2.24) is 20.0 Å². The molecule has 0 N–H and O–H groups in total. The normalized spacial score (nSPS) is 15.6. The van der Waals surface area contributed by atoms with Crippen molar-refractivity contribution in [2.45, 2.75) is 39.5 Å². The Kier molecular flexibility index (Phi) is 4.18. The molecule has 0 radical (unpaired) electrons. The van der Waals surface area contributed by atoms with Crippen molar-refractivity contribution in [3.05, 3.63) is 52.8 Å². The third-order valence-electron chi connectivity index (χ3n) is 5.37. The predicted molar refractivity (Wildman–Crippen MR) is 98.1 cm³/mol. The van der Waals surface area contributed by atoms with Crippen LogP contribution in [0.5, 0.6) is 0 Å². The molecule has 6 nitrogen and oxygen atoms in total. The zero-order valence-electron chi connectivity index (χ0n) is 15.3. The van der Waals surface area contributed by atoms with Crippen molar-refractivity contribution in [1.29, 1.82) is 0 Å². The SMILES string of the molecule is Cc1ccc2nc(C)c(C)c(C(=O)N3CCC(c4ncon4)CC3)c2c1. The van der Waals surface area contributed by atoms with E-state index in [2.05, 4.69) is 21.2 Å². The van der Waals surface area contributed by atoms with Crippen LogP contribution in [-0.2, 0) is 0 Å². The maximum absolute atomic E-state index is 13.3. The van der Waals surface area contributed by atoms with Crippen LogP contribution in [0.4, 0.5) is 0 Å². The van der Waals surface area contributed by atoms with Crippen molar-refractivity contribution in [2.24, 2.45) is 0 Å². The Morgan fingerprint density at radius 3 is 2.65 bits per heavy atom. The summed E-state index contributed by atoms with van der Waals surface area (Å²) in [5.41, 5.74) is 4.67. The van der Waals surface area contributed by atoms with E-state index in [9.17, 15) is 4.79 Å². The number of fused-ring (bicyclic) bond motifs is 1. The largest absolute Gasteiger partial charge is 0.343 e. The second kappa shape index (κ2) is 6.52. The molecule has 1 saturated heterocycles. The van der Waals surface area contributed by atoms with Crippen LogP contribution in [-0.4, -0.2) is 39.0 Å². The van der Waals surface area contributed by atoms with Crippen LogP contribution < -0.4 is 0 Å². The van der Waals surface area contributed by atoms with Gasteiger partial charge in [0, 0.05) is 30.1 Å². The molecule has 0 atom stereocenters. The molecule has 3 aromatic rings. The molecule has 134 valence electrons. The Hall–Kier alpha value is -2.76. The van der Waals surface area contributed by atoms with Gasteiger partial charge in [-0.05, 0) is 51.3 Å². The fourth-order valence-electron chi connectivity index (χ4n) is 3.73. The topological polar surface area (TPSA) is 72.1 Å². The highest BCUT2D eigenvalue weighted by molar-refractivity contribution is 6.07. The molecule has 0 bridgehead atoms. The highest BCUT2D eigenvalue weighted by Crippen LogP contribution is 2.29. The number of carbonyl (C=O) groups excluding carboxylic acids is 1. The first kappa shape index (κ1) is 16.7. The molecule has 0 unspecified atom stereocenters. The van der Waals surface area contributed by atoms with Gasteiger partial charge in [0.05, 0.1) is 11.1 Å². The van der Waals surface area contributed by atoms with Crippen molar-refractivity contribution >= 4 is 16.8 Å². The van der Waals surface area contributed by atoms with E-state index in [1.165, 1.54) is 6.39 Å². The third kappa shape index (κ3) is 2.85. The maximum Gasteiger partial charge on any atom is 0.254 e. The van der Waals surface area contributed by atoms with Gasteiger partial charge in [0.25, 0.3) is 5.91 Å². The van der Waals surface area contributed by atoms with Crippen LogP contribution in [0.25, 0.3) is 10.9 Å². The number of likely N-dealkylation sites (tertiary alicyclic amines) is 1. The molecule has 1 aliphatic rings. The van der Waals surface area contributed by atoms with Crippen LogP contribution in [0.15, 0.2) is 29.1 Å². The van der Waals surface area contributed by atoms with E-state index in [1.807, 2.05) is 37.8 Å². The quantitative estimate of drug-likeness (QED) is 0.706. The van der Waals surface area contributed by atoms with Gasteiger partial charge in [-0.2, -0.15) is 4.98 Å². The van der Waals surface area contributed by atoms with Crippen LogP contribution in [0, 0.1) is 20.8 Å². The van der Waals surface area contributed by atoms with Gasteiger partial charge in [-0.1, -0.05) is 16.8 Å². The number of piperidine rings is 1. The molecule has 1 aromatic carbocycles. The van der Waals surface area contributed by atoms with Crippen molar-refractivity contribution < 1.29 is 9.32 Å². The Morgan fingerprint density at radius 2 is 1.96 bits per heavy atom. The molecule has 0 aliphatic carbocycles. The minimum absolute atomic E-state index is 0.0927. The second-order valence-corrected chi connectivity index (χ2v) is 7.07. The van der Waals surface area contributed by atoms with Crippen LogP contribution in [0.1, 0.15) is 51.8 Å². The summed E-state index contributed by atoms with van der Waals surface area (Å²) in [4.78, 5) is 24.1. The summed E-state index contributed by atoms with van der Waals surface area (Å²) >= 11 is 0. The van der Waals surface area contributed by atoms with Crippen LogP contribution in [0.3, 0.4) is 0 Å². The van der Waals surface area contributed by atoms with Crippen molar-refractivity contribution in [3.8, 4) is 0 Å². The van der Waals surface area contributed by atoms with E-state index in [1.54, 1.807) is 0 Å². The van der Waals surface area contributed by atoms with Crippen LogP contribution in [0.2, 0.25) is 0 Å². The molecule has 1 fully saturated rings. The summed E-state index contributed by atoms with van der Waals surface area (Å²) in [6.45, 7) is 7.40. The lowest BCUT2D eigenvalue weighted by molar-refractivity contribution is 0.0711. The van der Waals surface area contributed by atoms with Crippen molar-refractivity contribution in [2.75, 3.05) is 13.1 Å². The van der Waals surface area contributed by atoms with Gasteiger partial charge in [0.1, 0.15) is 0 Å². The molecule has 3 heterocycles. The highest BCUT2D eigenvalue weighted by Gasteiger charge is 2.28. The number of nitrogens with zero attached hydrogens (tertiary/aromatic N) is 4. The standard InChI is InChI=1S/C20H22N4O2/c1-12-4-5-17-16(10-12)18(13(2)14(3)22-17)20(25)24-8-6-15(7-9-24)19-21-11-26-23-19/h4-5,10-11,15H,6-9H2,1-3H3. The van der Waals surface area contributed by atoms with Crippen LogP contribution >= 0.6 is 0 Å². The molecular formula is C20H22N4O2. The zero-order chi connectivity index (χ0) is 18.3. The Labute approximate surface area is 152 Å². The van der Waals surface area contributed by atoms with Gasteiger partial charge >= 0.3 is 0 Å². The second-order valence-electron chi connectivity index (χ2n) is 7.07. The third-order valence-corrected chi connectivity index (χ3v) is 5.37. The molecule has 1 amide bonds. The summed E-state index contributed by atoms with van der Waals surface area (Å²) in [6, 6.07) is 6.10. The minimum atomic E-state index is 0.0927. The number of pyridine rings is 1. The van der Waals surface area contributed by atoms with E-state index in [-0.39, 0.29) is 11.8 Å². The number of rotatable bonds is 2. The molecule has 26 heavy (non-hydrogen) atoms. The van der Waals surface area contributed by atoms with Gasteiger partial charge in [0.15, 0.2) is 5.82 Å². The number of amides is 1. The first-order valence-corrected chi connectivity index (χ1v) is 8.97. The van der Waals surface area contributed by atoms with E-state index in [0.29, 0.717) is 13.1 Å². The van der Waals surface area contributed by atoms with Gasteiger partial charge < -0.3 is 9.42 Å². The average molecular weight is 350 g/mol. The predicted octanol–water partition coefficient (Wildman–Crippen LogP) is 3.56. The van der Waals surface area contributed by atoms with E-state index < -0.39 is 0 Å². The number of carbonyl (C=O) groups is 1. The van der Waals surface area contributed by atoms with Gasteiger partial charge in [-0.25, -0.2) is 0 Å². The Bertz CT molecular complexity index is 958. The first-order valence-electron chi connectivity index (χ1n) is 8.97. The monoisotopic (exact) mass is 350 g/mol. The minimum Gasteiger partial charge on any atom is -0.343 e. The molecule has 6 heteroatoms. The lowest BCUT2D eigenvalue weighted by atomic mass is 9.94. The van der Waals surface area contributed by atoms with Gasteiger partial charge in [-0.3, -0.25) is 9.78 Å². The van der Waals surface area contributed by atoms with E-state index in [0.717, 1.165) is 52.0 Å².